The summed E-state index contributed by atoms with van der Waals surface area (Å²) < 4.78 is 1.47. The van der Waals surface area contributed by atoms with Gasteiger partial charge in [-0.2, -0.15) is 5.10 Å². The second-order valence-electron chi connectivity index (χ2n) is 5.39. The predicted octanol–water partition coefficient (Wildman–Crippen LogP) is 0.457. The number of amides is 2. The lowest BCUT2D eigenvalue weighted by atomic mass is 10.2. The van der Waals surface area contributed by atoms with Gasteiger partial charge in [-0.15, -0.1) is 0 Å². The molecule has 1 aromatic rings. The van der Waals surface area contributed by atoms with E-state index in [2.05, 4.69) is 15.7 Å². The molecular formula is C14H25N5O2. The fourth-order valence-corrected chi connectivity index (χ4v) is 1.91. The molecule has 0 atom stereocenters. The maximum Gasteiger partial charge on any atom is 0.271 e. The van der Waals surface area contributed by atoms with Crippen LogP contribution >= 0.6 is 0 Å². The van der Waals surface area contributed by atoms with E-state index < -0.39 is 0 Å². The molecule has 21 heavy (non-hydrogen) atoms. The molecular weight excluding hydrogens is 270 g/mol. The number of aromatic nitrogens is 2. The van der Waals surface area contributed by atoms with Crippen LogP contribution in [0.15, 0.2) is 0 Å². The van der Waals surface area contributed by atoms with E-state index >= 15 is 0 Å². The van der Waals surface area contributed by atoms with Crippen molar-refractivity contribution in [2.24, 2.45) is 13.0 Å². The first-order chi connectivity index (χ1) is 9.86. The van der Waals surface area contributed by atoms with Crippen LogP contribution in [0.1, 0.15) is 43.4 Å². The summed E-state index contributed by atoms with van der Waals surface area (Å²) in [6.07, 6.45) is 0.918. The summed E-state index contributed by atoms with van der Waals surface area (Å²) in [4.78, 5) is 23.6. The molecule has 0 radical (unpaired) electrons. The minimum atomic E-state index is -0.307. The quantitative estimate of drug-likeness (QED) is 0.680. The second-order valence-corrected chi connectivity index (χ2v) is 5.39. The smallest absolute Gasteiger partial charge is 0.271 e. The van der Waals surface area contributed by atoms with Crippen molar-refractivity contribution in [2.75, 3.05) is 18.8 Å². The molecule has 0 bridgehead atoms. The summed E-state index contributed by atoms with van der Waals surface area (Å²) in [5.74, 6) is 0.0281. The van der Waals surface area contributed by atoms with E-state index in [4.69, 9.17) is 5.73 Å². The van der Waals surface area contributed by atoms with Crippen LogP contribution in [0.3, 0.4) is 0 Å². The number of nitrogens with zero attached hydrogens (tertiary/aromatic N) is 2. The van der Waals surface area contributed by atoms with Gasteiger partial charge in [-0.25, -0.2) is 0 Å². The number of anilines is 1. The topological polar surface area (TPSA) is 102 Å². The third-order valence-corrected chi connectivity index (χ3v) is 3.06. The Morgan fingerprint density at radius 3 is 2.52 bits per heavy atom. The Balaban J connectivity index is 2.48. The number of nitrogen functional groups attached to an aromatic ring is 1. The van der Waals surface area contributed by atoms with Gasteiger partial charge in [0.2, 0.25) is 5.91 Å². The standard InChI is InChI=1S/C14H25N5O2/c1-5-10-12(15)13(19(4)18-10)14(21)16-7-6-11(20)17-8-9(2)3/h9H,5-8,15H2,1-4H3,(H,16,21)(H,17,20). The van der Waals surface area contributed by atoms with Gasteiger partial charge in [-0.1, -0.05) is 20.8 Å². The Bertz CT molecular complexity index is 508. The lowest BCUT2D eigenvalue weighted by molar-refractivity contribution is -0.121. The Morgan fingerprint density at radius 2 is 2.00 bits per heavy atom. The number of nitrogens with two attached hydrogens (primary N) is 1. The lowest BCUT2D eigenvalue weighted by Gasteiger charge is -2.08. The fourth-order valence-electron chi connectivity index (χ4n) is 1.91. The van der Waals surface area contributed by atoms with Crippen LogP contribution in [-0.2, 0) is 18.3 Å². The SMILES string of the molecule is CCc1nn(C)c(C(=O)NCCC(=O)NCC(C)C)c1N. The molecule has 1 rings (SSSR count). The van der Waals surface area contributed by atoms with Crippen LogP contribution in [0.4, 0.5) is 5.69 Å². The van der Waals surface area contributed by atoms with Crippen molar-refractivity contribution in [3.8, 4) is 0 Å². The molecule has 0 aliphatic rings. The summed E-state index contributed by atoms with van der Waals surface area (Å²) in [6.45, 7) is 6.90. The maximum absolute atomic E-state index is 12.1. The summed E-state index contributed by atoms with van der Waals surface area (Å²) in [6, 6.07) is 0. The lowest BCUT2D eigenvalue weighted by Crippen LogP contribution is -2.33. The van der Waals surface area contributed by atoms with E-state index in [9.17, 15) is 9.59 Å². The molecule has 0 aromatic carbocycles. The fraction of sp³-hybridized carbons (Fsp3) is 0.643. The van der Waals surface area contributed by atoms with Crippen molar-refractivity contribution < 1.29 is 9.59 Å². The predicted molar refractivity (Wildman–Crippen MR) is 81.8 cm³/mol. The van der Waals surface area contributed by atoms with Gasteiger partial charge in [0, 0.05) is 26.6 Å². The largest absolute Gasteiger partial charge is 0.395 e. The maximum atomic E-state index is 12.1. The van der Waals surface area contributed by atoms with Crippen molar-refractivity contribution in [2.45, 2.75) is 33.6 Å². The number of carbonyl (C=O) groups excluding carboxylic acids is 2. The van der Waals surface area contributed by atoms with Gasteiger partial charge in [0.15, 0.2) is 0 Å². The van der Waals surface area contributed by atoms with Crippen LogP contribution in [0, 0.1) is 5.92 Å². The van der Waals surface area contributed by atoms with E-state index in [1.165, 1.54) is 4.68 Å². The molecule has 0 saturated carbocycles. The van der Waals surface area contributed by atoms with E-state index in [-0.39, 0.29) is 24.8 Å². The zero-order valence-electron chi connectivity index (χ0n) is 13.2. The summed E-state index contributed by atoms with van der Waals surface area (Å²) >= 11 is 0. The highest BCUT2D eigenvalue weighted by molar-refractivity contribution is 5.98. The van der Waals surface area contributed by atoms with Gasteiger partial charge in [-0.05, 0) is 12.3 Å². The number of hydrogen-bond donors (Lipinski definition) is 3. The molecule has 0 aliphatic carbocycles. The van der Waals surface area contributed by atoms with E-state index in [0.29, 0.717) is 36.0 Å². The molecule has 118 valence electrons. The van der Waals surface area contributed by atoms with E-state index in [0.717, 1.165) is 0 Å². The number of nitrogens with one attached hydrogen (secondary N) is 2. The summed E-state index contributed by atoms with van der Waals surface area (Å²) in [5.41, 5.74) is 7.36. The van der Waals surface area contributed by atoms with Crippen LogP contribution in [-0.4, -0.2) is 34.7 Å². The molecule has 0 fully saturated rings. The van der Waals surface area contributed by atoms with Gasteiger partial charge in [0.05, 0.1) is 11.4 Å². The molecule has 1 aromatic heterocycles. The summed E-state index contributed by atoms with van der Waals surface area (Å²) in [5, 5.41) is 9.69. The van der Waals surface area contributed by atoms with Gasteiger partial charge in [0.25, 0.3) is 5.91 Å². The van der Waals surface area contributed by atoms with Crippen LogP contribution in [0.2, 0.25) is 0 Å². The zero-order chi connectivity index (χ0) is 16.0. The highest BCUT2D eigenvalue weighted by Gasteiger charge is 2.18. The van der Waals surface area contributed by atoms with Gasteiger partial charge in [-0.3, -0.25) is 14.3 Å². The zero-order valence-corrected chi connectivity index (χ0v) is 13.2. The molecule has 0 unspecified atom stereocenters. The third-order valence-electron chi connectivity index (χ3n) is 3.06. The van der Waals surface area contributed by atoms with Crippen molar-refractivity contribution in [1.29, 1.82) is 0 Å². The molecule has 2 amide bonds. The highest BCUT2D eigenvalue weighted by Crippen LogP contribution is 2.16. The molecule has 7 heteroatoms. The van der Waals surface area contributed by atoms with E-state index in [1.807, 2.05) is 20.8 Å². The molecule has 4 N–H and O–H groups in total. The van der Waals surface area contributed by atoms with Crippen LogP contribution < -0.4 is 16.4 Å². The van der Waals surface area contributed by atoms with Gasteiger partial charge < -0.3 is 16.4 Å². The average Bonchev–Trinajstić information content (AvgIpc) is 2.70. The highest BCUT2D eigenvalue weighted by atomic mass is 16.2. The Labute approximate surface area is 125 Å². The molecule has 1 heterocycles. The average molecular weight is 295 g/mol. The monoisotopic (exact) mass is 295 g/mol. The van der Waals surface area contributed by atoms with Crippen molar-refractivity contribution in [1.82, 2.24) is 20.4 Å². The van der Waals surface area contributed by atoms with Crippen molar-refractivity contribution in [3.63, 3.8) is 0 Å². The first-order valence-electron chi connectivity index (χ1n) is 7.23. The first kappa shape index (κ1) is 17.0. The van der Waals surface area contributed by atoms with Gasteiger partial charge in [0.1, 0.15) is 5.69 Å². The van der Waals surface area contributed by atoms with E-state index in [1.54, 1.807) is 7.05 Å². The van der Waals surface area contributed by atoms with Gasteiger partial charge >= 0.3 is 0 Å². The minimum absolute atomic E-state index is 0.0729. The molecule has 0 saturated heterocycles. The van der Waals surface area contributed by atoms with Crippen LogP contribution in [0.5, 0.6) is 0 Å². The number of hydrogen-bond acceptors (Lipinski definition) is 4. The first-order valence-corrected chi connectivity index (χ1v) is 7.23. The normalized spacial score (nSPS) is 10.7. The number of rotatable bonds is 7. The second kappa shape index (κ2) is 7.66. The third kappa shape index (κ3) is 4.77. The number of carbonyl (C=O) groups is 2. The summed E-state index contributed by atoms with van der Waals surface area (Å²) in [7, 11) is 1.68. The van der Waals surface area contributed by atoms with Crippen molar-refractivity contribution >= 4 is 17.5 Å². The van der Waals surface area contributed by atoms with Crippen molar-refractivity contribution in [3.05, 3.63) is 11.4 Å². The molecule has 0 aliphatic heterocycles. The Hall–Kier alpha value is -2.05. The minimum Gasteiger partial charge on any atom is -0.395 e. The molecule has 7 nitrogen and oxygen atoms in total. The number of aryl methyl sites for hydroxylation is 2. The Morgan fingerprint density at radius 1 is 1.33 bits per heavy atom. The van der Waals surface area contributed by atoms with Crippen LogP contribution in [0.25, 0.3) is 0 Å². The Kier molecular flexibility index (Phi) is 6.20. The molecule has 0 spiro atoms.